The number of hydrogen-bond donors (Lipinski definition) is 1. The fraction of sp³-hybridized carbons (Fsp3) is 1.00. The van der Waals surface area contributed by atoms with Gasteiger partial charge in [-0.15, -0.1) is 0 Å². The summed E-state index contributed by atoms with van der Waals surface area (Å²) in [6, 6.07) is 1.25. The molecule has 1 N–H and O–H groups in total. The topological polar surface area (TPSA) is 24.5 Å². The first-order valence-electron chi connectivity index (χ1n) is 8.13. The van der Waals surface area contributed by atoms with Crippen molar-refractivity contribution in [3.8, 4) is 0 Å². The van der Waals surface area contributed by atoms with Crippen molar-refractivity contribution in [3.63, 3.8) is 0 Å². The fourth-order valence-electron chi connectivity index (χ4n) is 3.64. The molecule has 3 nitrogen and oxygen atoms in total. The number of nitrogens with zero attached hydrogens (tertiary/aromatic N) is 1. The van der Waals surface area contributed by atoms with E-state index < -0.39 is 0 Å². The predicted molar refractivity (Wildman–Crippen MR) is 80.5 cm³/mol. The van der Waals surface area contributed by atoms with Crippen LogP contribution in [0.1, 0.15) is 52.4 Å². The molecule has 1 heterocycles. The van der Waals surface area contributed by atoms with E-state index in [4.69, 9.17) is 4.74 Å². The van der Waals surface area contributed by atoms with Crippen molar-refractivity contribution >= 4 is 0 Å². The van der Waals surface area contributed by atoms with E-state index in [9.17, 15) is 0 Å². The Hall–Kier alpha value is -0.120. The van der Waals surface area contributed by atoms with Gasteiger partial charge in [0.1, 0.15) is 0 Å². The summed E-state index contributed by atoms with van der Waals surface area (Å²) in [5.74, 6) is 0. The van der Waals surface area contributed by atoms with E-state index in [0.717, 1.165) is 13.2 Å². The molecule has 19 heavy (non-hydrogen) atoms. The average molecular weight is 268 g/mol. The Labute approximate surface area is 119 Å². The van der Waals surface area contributed by atoms with E-state index in [1.165, 1.54) is 51.6 Å². The molecule has 0 amide bonds. The highest BCUT2D eigenvalue weighted by molar-refractivity contribution is 4.89. The molecule has 0 aromatic heterocycles. The molecular formula is C16H32N2O. The molecule has 1 unspecified atom stereocenters. The maximum absolute atomic E-state index is 5.54. The Kier molecular flexibility index (Phi) is 5.67. The molecule has 1 saturated carbocycles. The van der Waals surface area contributed by atoms with Crippen LogP contribution in [0.25, 0.3) is 0 Å². The SMILES string of the molecule is CC(C)NCC1(CN(C)C2CCOC2)CCCCC1. The van der Waals surface area contributed by atoms with Crippen molar-refractivity contribution in [3.05, 3.63) is 0 Å². The van der Waals surface area contributed by atoms with Crippen LogP contribution in [-0.4, -0.2) is 50.3 Å². The zero-order valence-electron chi connectivity index (χ0n) is 13.1. The molecule has 0 spiro atoms. The molecule has 0 aromatic rings. The van der Waals surface area contributed by atoms with Crippen LogP contribution in [0.4, 0.5) is 0 Å². The van der Waals surface area contributed by atoms with Gasteiger partial charge in [-0.2, -0.15) is 0 Å². The smallest absolute Gasteiger partial charge is 0.0622 e. The molecule has 1 saturated heterocycles. The Morgan fingerprint density at radius 1 is 1.26 bits per heavy atom. The van der Waals surface area contributed by atoms with Crippen LogP contribution >= 0.6 is 0 Å². The Morgan fingerprint density at radius 2 is 2.00 bits per heavy atom. The molecule has 3 heteroatoms. The maximum atomic E-state index is 5.54. The lowest BCUT2D eigenvalue weighted by atomic mass is 9.73. The summed E-state index contributed by atoms with van der Waals surface area (Å²) in [6.07, 6.45) is 8.25. The summed E-state index contributed by atoms with van der Waals surface area (Å²) in [6.45, 7) is 8.82. The third-order valence-corrected chi connectivity index (χ3v) is 4.91. The van der Waals surface area contributed by atoms with Crippen molar-refractivity contribution in [2.45, 2.75) is 64.5 Å². The van der Waals surface area contributed by atoms with Gasteiger partial charge in [-0.25, -0.2) is 0 Å². The molecule has 2 aliphatic rings. The van der Waals surface area contributed by atoms with Crippen molar-refractivity contribution in [1.82, 2.24) is 10.2 Å². The maximum Gasteiger partial charge on any atom is 0.0622 e. The van der Waals surface area contributed by atoms with Gasteiger partial charge in [0.25, 0.3) is 0 Å². The van der Waals surface area contributed by atoms with Crippen molar-refractivity contribution in [2.75, 3.05) is 33.4 Å². The van der Waals surface area contributed by atoms with E-state index in [2.05, 4.69) is 31.1 Å². The first kappa shape index (κ1) is 15.3. The van der Waals surface area contributed by atoms with Crippen LogP contribution in [0.5, 0.6) is 0 Å². The second-order valence-electron chi connectivity index (χ2n) is 7.03. The van der Waals surface area contributed by atoms with Crippen LogP contribution in [-0.2, 0) is 4.74 Å². The molecule has 112 valence electrons. The molecule has 0 aromatic carbocycles. The third kappa shape index (κ3) is 4.44. The average Bonchev–Trinajstić information content (AvgIpc) is 2.92. The van der Waals surface area contributed by atoms with E-state index >= 15 is 0 Å². The van der Waals surface area contributed by atoms with Gasteiger partial charge < -0.3 is 15.0 Å². The van der Waals surface area contributed by atoms with Crippen molar-refractivity contribution in [2.24, 2.45) is 5.41 Å². The molecular weight excluding hydrogens is 236 g/mol. The number of rotatable bonds is 6. The van der Waals surface area contributed by atoms with Crippen LogP contribution < -0.4 is 5.32 Å². The lowest BCUT2D eigenvalue weighted by Crippen LogP contribution is -2.48. The molecule has 1 aliphatic carbocycles. The Bertz CT molecular complexity index is 255. The monoisotopic (exact) mass is 268 g/mol. The summed E-state index contributed by atoms with van der Waals surface area (Å²) >= 11 is 0. The van der Waals surface area contributed by atoms with E-state index in [0.29, 0.717) is 17.5 Å². The van der Waals surface area contributed by atoms with E-state index in [-0.39, 0.29) is 0 Å². The van der Waals surface area contributed by atoms with Crippen LogP contribution in [0.3, 0.4) is 0 Å². The zero-order valence-corrected chi connectivity index (χ0v) is 13.1. The van der Waals surface area contributed by atoms with Gasteiger partial charge in [0.2, 0.25) is 0 Å². The first-order valence-corrected chi connectivity index (χ1v) is 8.13. The van der Waals surface area contributed by atoms with Gasteiger partial charge in [0.05, 0.1) is 6.61 Å². The summed E-state index contributed by atoms with van der Waals surface area (Å²) in [4.78, 5) is 2.57. The van der Waals surface area contributed by atoms with Crippen LogP contribution in [0.15, 0.2) is 0 Å². The summed E-state index contributed by atoms with van der Waals surface area (Å²) in [5.41, 5.74) is 0.500. The number of nitrogens with one attached hydrogen (secondary N) is 1. The van der Waals surface area contributed by atoms with Crippen molar-refractivity contribution in [1.29, 1.82) is 0 Å². The summed E-state index contributed by atoms with van der Waals surface area (Å²) in [7, 11) is 2.30. The van der Waals surface area contributed by atoms with E-state index in [1.807, 2.05) is 0 Å². The minimum Gasteiger partial charge on any atom is -0.380 e. The minimum absolute atomic E-state index is 0.500. The predicted octanol–water partition coefficient (Wildman–Crippen LogP) is 2.66. The van der Waals surface area contributed by atoms with Gasteiger partial charge >= 0.3 is 0 Å². The van der Waals surface area contributed by atoms with Crippen molar-refractivity contribution < 1.29 is 4.74 Å². The lowest BCUT2D eigenvalue weighted by Gasteiger charge is -2.42. The molecule has 2 rings (SSSR count). The Balaban J connectivity index is 1.91. The lowest BCUT2D eigenvalue weighted by molar-refractivity contribution is 0.0827. The molecule has 1 aliphatic heterocycles. The normalized spacial score (nSPS) is 27.3. The van der Waals surface area contributed by atoms with Gasteiger partial charge in [-0.05, 0) is 31.7 Å². The first-order chi connectivity index (χ1) is 9.11. The van der Waals surface area contributed by atoms with Crippen LogP contribution in [0.2, 0.25) is 0 Å². The molecule has 0 bridgehead atoms. The Morgan fingerprint density at radius 3 is 2.58 bits per heavy atom. The van der Waals surface area contributed by atoms with Gasteiger partial charge in [0.15, 0.2) is 0 Å². The largest absolute Gasteiger partial charge is 0.380 e. The number of hydrogen-bond acceptors (Lipinski definition) is 3. The zero-order chi connectivity index (χ0) is 13.7. The highest BCUT2D eigenvalue weighted by Crippen LogP contribution is 2.37. The minimum atomic E-state index is 0.500. The number of likely N-dealkylation sites (N-methyl/N-ethyl adjacent to an activating group) is 1. The summed E-state index contributed by atoms with van der Waals surface area (Å²) in [5, 5.41) is 3.69. The van der Waals surface area contributed by atoms with E-state index in [1.54, 1.807) is 0 Å². The summed E-state index contributed by atoms with van der Waals surface area (Å²) < 4.78 is 5.54. The molecule has 2 fully saturated rings. The molecule has 0 radical (unpaired) electrons. The van der Waals surface area contributed by atoms with Crippen LogP contribution in [0, 0.1) is 5.41 Å². The number of ether oxygens (including phenoxy) is 1. The van der Waals surface area contributed by atoms with Gasteiger partial charge in [0, 0.05) is 31.8 Å². The molecule has 1 atom stereocenters. The highest BCUT2D eigenvalue weighted by Gasteiger charge is 2.35. The highest BCUT2D eigenvalue weighted by atomic mass is 16.5. The van der Waals surface area contributed by atoms with Gasteiger partial charge in [-0.1, -0.05) is 33.1 Å². The quantitative estimate of drug-likeness (QED) is 0.801. The standard InChI is InChI=1S/C16H32N2O/c1-14(2)17-12-16(8-5-4-6-9-16)13-18(3)15-7-10-19-11-15/h14-15,17H,4-13H2,1-3H3. The fourth-order valence-corrected chi connectivity index (χ4v) is 3.64. The third-order valence-electron chi connectivity index (χ3n) is 4.91. The second kappa shape index (κ2) is 7.05. The second-order valence-corrected chi connectivity index (χ2v) is 7.03. The van der Waals surface area contributed by atoms with Gasteiger partial charge in [-0.3, -0.25) is 0 Å².